The van der Waals surface area contributed by atoms with Crippen LogP contribution in [0.5, 0.6) is 0 Å². The quantitative estimate of drug-likeness (QED) is 0.919. The molecule has 7 heteroatoms. The summed E-state index contributed by atoms with van der Waals surface area (Å²) in [6, 6.07) is 5.17. The van der Waals surface area contributed by atoms with Crippen molar-refractivity contribution in [3.63, 3.8) is 0 Å². The van der Waals surface area contributed by atoms with Crippen LogP contribution in [0.3, 0.4) is 0 Å². The van der Waals surface area contributed by atoms with Gasteiger partial charge in [0.1, 0.15) is 5.01 Å². The number of hydrogen-bond acceptors (Lipinski definition) is 3. The maximum absolute atomic E-state index is 12.4. The lowest BCUT2D eigenvalue weighted by Gasteiger charge is -2.06. The molecule has 0 saturated carbocycles. The van der Waals surface area contributed by atoms with Crippen LogP contribution in [0.4, 0.5) is 13.2 Å². The van der Waals surface area contributed by atoms with Crippen molar-refractivity contribution in [1.82, 2.24) is 4.98 Å². The van der Waals surface area contributed by atoms with Crippen LogP contribution in [-0.4, -0.2) is 10.9 Å². The lowest BCUT2D eigenvalue weighted by molar-refractivity contribution is -0.137. The third kappa shape index (κ3) is 5.00. The summed E-state index contributed by atoms with van der Waals surface area (Å²) in [5.41, 5.74) is 4.51. The van der Waals surface area contributed by atoms with Crippen LogP contribution in [0.2, 0.25) is 0 Å². The first-order valence-corrected chi connectivity index (χ1v) is 6.58. The molecule has 2 rings (SSSR count). The SMILES string of the molecule is CCC(N)=O.FC(F)(F)c1cccc(-c2nccs2)c1. The van der Waals surface area contributed by atoms with Crippen molar-refractivity contribution in [3.05, 3.63) is 41.4 Å². The van der Waals surface area contributed by atoms with Crippen molar-refractivity contribution >= 4 is 17.2 Å². The Balaban J connectivity index is 0.000000347. The molecule has 0 aliphatic rings. The fourth-order valence-electron chi connectivity index (χ4n) is 1.19. The monoisotopic (exact) mass is 302 g/mol. The van der Waals surface area contributed by atoms with Gasteiger partial charge >= 0.3 is 6.18 Å². The summed E-state index contributed by atoms with van der Waals surface area (Å²) < 4.78 is 37.2. The lowest BCUT2D eigenvalue weighted by atomic mass is 10.1. The molecule has 0 atom stereocenters. The number of thiazole rings is 1. The molecule has 3 nitrogen and oxygen atoms in total. The maximum Gasteiger partial charge on any atom is 0.416 e. The molecule has 0 spiro atoms. The molecule has 0 saturated heterocycles. The van der Waals surface area contributed by atoms with E-state index in [1.54, 1.807) is 24.6 Å². The number of aromatic nitrogens is 1. The van der Waals surface area contributed by atoms with Gasteiger partial charge in [0.25, 0.3) is 0 Å². The second-order valence-corrected chi connectivity index (χ2v) is 4.63. The molecule has 0 unspecified atom stereocenters. The third-order valence-corrected chi connectivity index (χ3v) is 3.04. The number of alkyl halides is 3. The van der Waals surface area contributed by atoms with Crippen molar-refractivity contribution in [2.75, 3.05) is 0 Å². The number of hydrogen-bond donors (Lipinski definition) is 1. The summed E-state index contributed by atoms with van der Waals surface area (Å²) in [5, 5.41) is 2.33. The fourth-order valence-corrected chi connectivity index (χ4v) is 1.83. The van der Waals surface area contributed by atoms with E-state index < -0.39 is 11.7 Å². The van der Waals surface area contributed by atoms with Crippen molar-refractivity contribution in [2.45, 2.75) is 19.5 Å². The number of rotatable bonds is 2. The summed E-state index contributed by atoms with van der Waals surface area (Å²) in [6.45, 7) is 1.72. The Bertz CT molecular complexity index is 553. The van der Waals surface area contributed by atoms with Crippen molar-refractivity contribution in [1.29, 1.82) is 0 Å². The number of carbonyl (C=O) groups is 1. The number of amides is 1. The highest BCUT2D eigenvalue weighted by atomic mass is 32.1. The Hall–Kier alpha value is -1.89. The molecule has 1 aromatic carbocycles. The van der Waals surface area contributed by atoms with E-state index in [1.165, 1.54) is 17.4 Å². The number of nitrogens with zero attached hydrogens (tertiary/aromatic N) is 1. The number of halogens is 3. The van der Waals surface area contributed by atoms with Gasteiger partial charge in [-0.05, 0) is 12.1 Å². The predicted octanol–water partition coefficient (Wildman–Crippen LogP) is 3.71. The smallest absolute Gasteiger partial charge is 0.370 e. The standard InChI is InChI=1S/C10H6F3NS.C3H7NO/c11-10(12,13)8-3-1-2-7(6-8)9-14-4-5-15-9;1-2-3(4)5/h1-6H;2H2,1H3,(H2,4,5). The average molecular weight is 302 g/mol. The molecule has 1 amide bonds. The van der Waals surface area contributed by atoms with Crippen LogP contribution in [0.15, 0.2) is 35.8 Å². The van der Waals surface area contributed by atoms with Crippen molar-refractivity contribution in [2.24, 2.45) is 5.73 Å². The minimum atomic E-state index is -4.30. The summed E-state index contributed by atoms with van der Waals surface area (Å²) in [5.74, 6) is -0.245. The number of benzene rings is 1. The summed E-state index contributed by atoms with van der Waals surface area (Å²) in [6.07, 6.45) is -2.28. The Morgan fingerprint density at radius 1 is 1.40 bits per heavy atom. The van der Waals surface area contributed by atoms with Gasteiger partial charge < -0.3 is 5.73 Å². The highest BCUT2D eigenvalue weighted by Crippen LogP contribution is 2.32. The average Bonchev–Trinajstić information content (AvgIpc) is 2.92. The lowest BCUT2D eigenvalue weighted by Crippen LogP contribution is -2.06. The maximum atomic E-state index is 12.4. The van der Waals surface area contributed by atoms with Crippen LogP contribution in [0, 0.1) is 0 Å². The molecule has 0 fully saturated rings. The third-order valence-electron chi connectivity index (χ3n) is 2.22. The van der Waals surface area contributed by atoms with Gasteiger partial charge in [0.15, 0.2) is 0 Å². The summed E-state index contributed by atoms with van der Waals surface area (Å²) in [7, 11) is 0. The molecule has 0 aliphatic heterocycles. The zero-order valence-electron chi connectivity index (χ0n) is 10.6. The van der Waals surface area contributed by atoms with Gasteiger partial charge in [-0.15, -0.1) is 11.3 Å². The van der Waals surface area contributed by atoms with Gasteiger partial charge in [0.2, 0.25) is 5.91 Å². The van der Waals surface area contributed by atoms with Gasteiger partial charge in [-0.1, -0.05) is 19.1 Å². The largest absolute Gasteiger partial charge is 0.416 e. The highest BCUT2D eigenvalue weighted by Gasteiger charge is 2.30. The summed E-state index contributed by atoms with van der Waals surface area (Å²) in [4.78, 5) is 13.6. The van der Waals surface area contributed by atoms with Gasteiger partial charge in [-0.3, -0.25) is 4.79 Å². The zero-order chi connectivity index (χ0) is 15.2. The van der Waals surface area contributed by atoms with E-state index in [0.29, 0.717) is 17.0 Å². The van der Waals surface area contributed by atoms with Crippen LogP contribution in [0.1, 0.15) is 18.9 Å². The Morgan fingerprint density at radius 3 is 2.50 bits per heavy atom. The minimum Gasteiger partial charge on any atom is -0.370 e. The van der Waals surface area contributed by atoms with E-state index in [0.717, 1.165) is 12.1 Å². The van der Waals surface area contributed by atoms with Gasteiger partial charge in [-0.2, -0.15) is 13.2 Å². The minimum absolute atomic E-state index is 0.245. The first kappa shape index (κ1) is 16.2. The second-order valence-electron chi connectivity index (χ2n) is 3.74. The predicted molar refractivity (Wildman–Crippen MR) is 72.0 cm³/mol. The number of nitrogens with two attached hydrogens (primary N) is 1. The molecule has 1 aromatic heterocycles. The number of carbonyl (C=O) groups excluding carboxylic acids is 1. The summed E-state index contributed by atoms with van der Waals surface area (Å²) >= 11 is 1.32. The van der Waals surface area contributed by atoms with Gasteiger partial charge in [-0.25, -0.2) is 4.98 Å². The van der Waals surface area contributed by atoms with Crippen molar-refractivity contribution in [3.8, 4) is 10.6 Å². The molecular weight excluding hydrogens is 289 g/mol. The van der Waals surface area contributed by atoms with E-state index in [9.17, 15) is 18.0 Å². The van der Waals surface area contributed by atoms with E-state index in [4.69, 9.17) is 0 Å². The molecular formula is C13H13F3N2OS. The van der Waals surface area contributed by atoms with E-state index in [-0.39, 0.29) is 5.91 Å². The topological polar surface area (TPSA) is 56.0 Å². The van der Waals surface area contributed by atoms with E-state index in [2.05, 4.69) is 10.7 Å². The van der Waals surface area contributed by atoms with Crippen LogP contribution >= 0.6 is 11.3 Å². The first-order valence-electron chi connectivity index (χ1n) is 5.70. The Kier molecular flexibility index (Phi) is 5.69. The van der Waals surface area contributed by atoms with Crippen LogP contribution in [-0.2, 0) is 11.0 Å². The number of primary amides is 1. The molecule has 0 radical (unpaired) electrons. The van der Waals surface area contributed by atoms with Crippen LogP contribution < -0.4 is 5.73 Å². The zero-order valence-corrected chi connectivity index (χ0v) is 11.5. The molecule has 2 N–H and O–H groups in total. The van der Waals surface area contributed by atoms with E-state index >= 15 is 0 Å². The van der Waals surface area contributed by atoms with Gasteiger partial charge in [0.05, 0.1) is 5.56 Å². The van der Waals surface area contributed by atoms with E-state index in [1.807, 2.05) is 0 Å². The first-order chi connectivity index (χ1) is 9.34. The molecule has 20 heavy (non-hydrogen) atoms. The molecule has 0 aliphatic carbocycles. The Labute approximate surface area is 118 Å². The molecule has 2 aromatic rings. The van der Waals surface area contributed by atoms with Crippen molar-refractivity contribution < 1.29 is 18.0 Å². The molecule has 1 heterocycles. The Morgan fingerprint density at radius 2 is 2.05 bits per heavy atom. The van der Waals surface area contributed by atoms with Crippen LogP contribution in [0.25, 0.3) is 10.6 Å². The normalized spacial score (nSPS) is 10.6. The highest BCUT2D eigenvalue weighted by molar-refractivity contribution is 7.13. The van der Waals surface area contributed by atoms with Gasteiger partial charge in [0, 0.05) is 23.6 Å². The molecule has 108 valence electrons. The molecule has 0 bridgehead atoms. The fraction of sp³-hybridized carbons (Fsp3) is 0.231. The second kappa shape index (κ2) is 7.04.